The van der Waals surface area contributed by atoms with Gasteiger partial charge in [-0.1, -0.05) is 30.3 Å². The maximum atomic E-state index is 12.9. The van der Waals surface area contributed by atoms with Crippen LogP contribution in [0.5, 0.6) is 0 Å². The number of halogens is 3. The lowest BCUT2D eigenvalue weighted by Crippen LogP contribution is -2.32. The largest absolute Gasteiger partial charge is 0.455 e. The van der Waals surface area contributed by atoms with Crippen LogP contribution in [0.2, 0.25) is 0 Å². The summed E-state index contributed by atoms with van der Waals surface area (Å²) < 4.78 is 69.0. The summed E-state index contributed by atoms with van der Waals surface area (Å²) >= 11 is 0. The van der Waals surface area contributed by atoms with Crippen molar-refractivity contribution in [3.05, 3.63) is 60.2 Å². The number of hydrogen-bond donors (Lipinski definition) is 2. The van der Waals surface area contributed by atoms with Crippen molar-refractivity contribution >= 4 is 27.6 Å². The quantitative estimate of drug-likeness (QED) is 0.674. The molecular formula is C17H15F3N2O5S. The Morgan fingerprint density at radius 1 is 0.964 bits per heavy atom. The molecule has 150 valence electrons. The number of alkyl halides is 3. The fourth-order valence-electron chi connectivity index (χ4n) is 2.06. The topological polar surface area (TPSA) is 102 Å². The third-order valence-electron chi connectivity index (χ3n) is 3.33. The molecule has 2 rings (SSSR count). The van der Waals surface area contributed by atoms with Gasteiger partial charge >= 0.3 is 12.1 Å². The Morgan fingerprint density at radius 2 is 1.57 bits per heavy atom. The summed E-state index contributed by atoms with van der Waals surface area (Å²) in [6, 6.07) is 11.6. The van der Waals surface area contributed by atoms with Gasteiger partial charge in [-0.25, -0.2) is 8.42 Å². The Balaban J connectivity index is 1.86. The van der Waals surface area contributed by atoms with E-state index in [1.54, 1.807) is 6.07 Å². The van der Waals surface area contributed by atoms with E-state index >= 15 is 0 Å². The highest BCUT2D eigenvalue weighted by Gasteiger charge is 2.33. The van der Waals surface area contributed by atoms with Gasteiger partial charge in [-0.05, 0) is 24.3 Å². The average molecular weight is 416 g/mol. The number of amides is 1. The van der Waals surface area contributed by atoms with Crippen LogP contribution in [0.3, 0.4) is 0 Å². The Hall–Kier alpha value is -2.92. The maximum Gasteiger partial charge on any atom is 0.418 e. The normalized spacial score (nSPS) is 11.7. The fraction of sp³-hybridized carbons (Fsp3) is 0.176. The molecule has 0 bridgehead atoms. The first-order valence-electron chi connectivity index (χ1n) is 7.76. The molecule has 0 aliphatic rings. The van der Waals surface area contributed by atoms with Crippen LogP contribution in [-0.2, 0) is 30.5 Å². The maximum absolute atomic E-state index is 12.9. The highest BCUT2D eigenvalue weighted by atomic mass is 32.2. The van der Waals surface area contributed by atoms with Gasteiger partial charge in [0.2, 0.25) is 10.0 Å². The molecule has 0 aromatic heterocycles. The fourth-order valence-corrected chi connectivity index (χ4v) is 3.05. The number of ether oxygens (including phenoxy) is 1. The van der Waals surface area contributed by atoms with Gasteiger partial charge in [0.05, 0.1) is 16.1 Å². The first-order valence-corrected chi connectivity index (χ1v) is 9.24. The summed E-state index contributed by atoms with van der Waals surface area (Å²) in [6.45, 7) is -1.62. The molecule has 0 aliphatic heterocycles. The molecule has 0 unspecified atom stereocenters. The second-order valence-electron chi connectivity index (χ2n) is 5.39. The van der Waals surface area contributed by atoms with E-state index in [4.69, 9.17) is 0 Å². The van der Waals surface area contributed by atoms with Gasteiger partial charge in [0.15, 0.2) is 6.61 Å². The molecular weight excluding hydrogens is 401 g/mol. The molecule has 1 amide bonds. The zero-order valence-corrected chi connectivity index (χ0v) is 15.0. The number of para-hydroxylation sites is 1. The zero-order chi connectivity index (χ0) is 20.8. The molecule has 0 aliphatic carbocycles. The molecule has 2 aromatic rings. The number of rotatable bonds is 7. The summed E-state index contributed by atoms with van der Waals surface area (Å²) in [4.78, 5) is 23.3. The van der Waals surface area contributed by atoms with Crippen molar-refractivity contribution in [3.8, 4) is 0 Å². The van der Waals surface area contributed by atoms with Crippen molar-refractivity contribution < 1.29 is 35.9 Å². The minimum atomic E-state index is -4.67. The predicted molar refractivity (Wildman–Crippen MR) is 92.7 cm³/mol. The average Bonchev–Trinajstić information content (AvgIpc) is 2.65. The minimum Gasteiger partial charge on any atom is -0.455 e. The van der Waals surface area contributed by atoms with Crippen LogP contribution in [0.4, 0.5) is 18.9 Å². The highest BCUT2D eigenvalue weighted by molar-refractivity contribution is 7.89. The Bertz CT molecular complexity index is 947. The molecule has 2 aromatic carbocycles. The molecule has 0 atom stereocenters. The van der Waals surface area contributed by atoms with Crippen LogP contribution in [0.1, 0.15) is 5.56 Å². The first kappa shape index (κ1) is 21.4. The van der Waals surface area contributed by atoms with Gasteiger partial charge in [-0.3, -0.25) is 9.59 Å². The Morgan fingerprint density at radius 3 is 2.21 bits per heavy atom. The number of benzene rings is 2. The lowest BCUT2D eigenvalue weighted by molar-refractivity contribution is -0.146. The van der Waals surface area contributed by atoms with Gasteiger partial charge in [-0.2, -0.15) is 17.9 Å². The van der Waals surface area contributed by atoms with E-state index < -0.39 is 52.5 Å². The van der Waals surface area contributed by atoms with Gasteiger partial charge in [-0.15, -0.1) is 0 Å². The Kier molecular flexibility index (Phi) is 6.75. The minimum absolute atomic E-state index is 0.0655. The van der Waals surface area contributed by atoms with Gasteiger partial charge in [0.1, 0.15) is 6.54 Å². The smallest absolute Gasteiger partial charge is 0.418 e. The number of sulfonamides is 1. The molecule has 28 heavy (non-hydrogen) atoms. The summed E-state index contributed by atoms with van der Waals surface area (Å²) in [5.41, 5.74) is -1.54. The molecule has 0 saturated heterocycles. The lowest BCUT2D eigenvalue weighted by atomic mass is 10.1. The van der Waals surface area contributed by atoms with Crippen molar-refractivity contribution in [2.45, 2.75) is 11.1 Å². The van der Waals surface area contributed by atoms with Crippen molar-refractivity contribution in [2.75, 3.05) is 18.5 Å². The molecule has 0 spiro atoms. The van der Waals surface area contributed by atoms with Crippen LogP contribution < -0.4 is 10.0 Å². The second kappa shape index (κ2) is 8.85. The number of nitrogens with one attached hydrogen (secondary N) is 2. The molecule has 7 nitrogen and oxygen atoms in total. The van der Waals surface area contributed by atoms with Crippen LogP contribution in [-0.4, -0.2) is 33.4 Å². The number of esters is 1. The van der Waals surface area contributed by atoms with Gasteiger partial charge in [0.25, 0.3) is 5.91 Å². The number of anilines is 1. The van der Waals surface area contributed by atoms with Crippen LogP contribution in [0.15, 0.2) is 59.5 Å². The molecule has 0 heterocycles. The van der Waals surface area contributed by atoms with Gasteiger partial charge < -0.3 is 10.1 Å². The summed E-state index contributed by atoms with van der Waals surface area (Å²) in [5.74, 6) is -2.07. The number of carbonyl (C=O) groups excluding carboxylic acids is 2. The third kappa shape index (κ3) is 6.06. The van der Waals surface area contributed by atoms with Crippen LogP contribution >= 0.6 is 0 Å². The highest BCUT2D eigenvalue weighted by Crippen LogP contribution is 2.34. The zero-order valence-electron chi connectivity index (χ0n) is 14.2. The standard InChI is InChI=1S/C17H15F3N2O5S/c18-17(19,20)13-8-4-5-9-14(13)22-15(23)11-27-16(24)10-21-28(25,26)12-6-2-1-3-7-12/h1-9,21H,10-11H2,(H,22,23). The first-order chi connectivity index (χ1) is 13.1. The molecule has 0 saturated carbocycles. The van der Waals surface area contributed by atoms with Crippen molar-refractivity contribution in [3.63, 3.8) is 0 Å². The molecule has 0 fully saturated rings. The van der Waals surface area contributed by atoms with E-state index in [0.717, 1.165) is 18.2 Å². The van der Waals surface area contributed by atoms with E-state index in [2.05, 4.69) is 4.74 Å². The van der Waals surface area contributed by atoms with Crippen LogP contribution in [0, 0.1) is 0 Å². The SMILES string of the molecule is O=C(COC(=O)CNS(=O)(=O)c1ccccc1)Nc1ccccc1C(F)(F)F. The van der Waals surface area contributed by atoms with Crippen molar-refractivity contribution in [2.24, 2.45) is 0 Å². The third-order valence-corrected chi connectivity index (χ3v) is 4.75. The predicted octanol–water partition coefficient (Wildman–Crippen LogP) is 2.17. The van der Waals surface area contributed by atoms with Crippen LogP contribution in [0.25, 0.3) is 0 Å². The van der Waals surface area contributed by atoms with E-state index in [0.29, 0.717) is 0 Å². The molecule has 2 N–H and O–H groups in total. The van der Waals surface area contributed by atoms with E-state index in [1.807, 2.05) is 10.0 Å². The summed E-state index contributed by atoms with van der Waals surface area (Å²) in [6.07, 6.45) is -4.67. The van der Waals surface area contributed by atoms with Crippen molar-refractivity contribution in [1.82, 2.24) is 4.72 Å². The monoisotopic (exact) mass is 416 g/mol. The second-order valence-corrected chi connectivity index (χ2v) is 7.16. The van der Waals surface area contributed by atoms with E-state index in [1.165, 1.54) is 30.3 Å². The number of hydrogen-bond acceptors (Lipinski definition) is 5. The number of carbonyl (C=O) groups is 2. The van der Waals surface area contributed by atoms with Gasteiger partial charge in [0, 0.05) is 0 Å². The lowest BCUT2D eigenvalue weighted by Gasteiger charge is -2.13. The summed E-state index contributed by atoms with van der Waals surface area (Å²) in [7, 11) is -3.94. The van der Waals surface area contributed by atoms with E-state index in [-0.39, 0.29) is 4.90 Å². The molecule has 0 radical (unpaired) electrons. The summed E-state index contributed by atoms with van der Waals surface area (Å²) in [5, 5.41) is 2.00. The molecule has 11 heteroatoms. The van der Waals surface area contributed by atoms with Crippen molar-refractivity contribution in [1.29, 1.82) is 0 Å². The Labute approximate surface area is 158 Å². The van der Waals surface area contributed by atoms with E-state index in [9.17, 15) is 31.2 Å².